The minimum atomic E-state index is -0.202. The fraction of sp³-hybridized carbons (Fsp3) is 0.188. The van der Waals surface area contributed by atoms with E-state index in [1.807, 2.05) is 6.92 Å². The van der Waals surface area contributed by atoms with Crippen LogP contribution in [0.25, 0.3) is 0 Å². The fourth-order valence-electron chi connectivity index (χ4n) is 2.02. The molecular weight excluding hydrogens is 288 g/mol. The van der Waals surface area contributed by atoms with Crippen LogP contribution in [-0.4, -0.2) is 12.2 Å². The van der Waals surface area contributed by atoms with Crippen molar-refractivity contribution in [2.75, 3.05) is 12.4 Å². The largest absolute Gasteiger partial charge is 0.508 e. The number of phenolic OH excluding ortho intramolecular Hbond substituents is 1. The van der Waals surface area contributed by atoms with E-state index in [0.29, 0.717) is 27.6 Å². The molecule has 2 aromatic carbocycles. The molecule has 0 spiro atoms. The van der Waals surface area contributed by atoms with Gasteiger partial charge in [-0.3, -0.25) is 0 Å². The number of benzene rings is 2. The van der Waals surface area contributed by atoms with Crippen molar-refractivity contribution in [3.8, 4) is 17.6 Å². The van der Waals surface area contributed by atoms with Gasteiger partial charge in [-0.15, -0.1) is 0 Å². The summed E-state index contributed by atoms with van der Waals surface area (Å²) in [7, 11) is 1.57. The van der Waals surface area contributed by atoms with Crippen LogP contribution in [-0.2, 0) is 0 Å². The average Bonchev–Trinajstić information content (AvgIpc) is 2.49. The van der Waals surface area contributed by atoms with E-state index in [-0.39, 0.29) is 11.8 Å². The highest BCUT2D eigenvalue weighted by molar-refractivity contribution is 6.33. The first kappa shape index (κ1) is 15.0. The Hall–Kier alpha value is -2.38. The monoisotopic (exact) mass is 302 g/mol. The van der Waals surface area contributed by atoms with Gasteiger partial charge in [-0.05, 0) is 43.3 Å². The smallest absolute Gasteiger partial charge is 0.121 e. The lowest BCUT2D eigenvalue weighted by Gasteiger charge is -2.18. The van der Waals surface area contributed by atoms with Gasteiger partial charge in [0.05, 0.1) is 35.5 Å². The van der Waals surface area contributed by atoms with Crippen LogP contribution >= 0.6 is 11.6 Å². The normalized spacial score (nSPS) is 11.5. The van der Waals surface area contributed by atoms with E-state index >= 15 is 0 Å². The number of nitrogens with one attached hydrogen (secondary N) is 1. The first-order chi connectivity index (χ1) is 10.0. The van der Waals surface area contributed by atoms with Crippen LogP contribution in [0.1, 0.15) is 24.1 Å². The summed E-state index contributed by atoms with van der Waals surface area (Å²) in [6, 6.07) is 11.9. The van der Waals surface area contributed by atoms with Crippen molar-refractivity contribution in [3.63, 3.8) is 0 Å². The molecule has 1 atom stereocenters. The zero-order valence-corrected chi connectivity index (χ0v) is 12.5. The van der Waals surface area contributed by atoms with E-state index in [4.69, 9.17) is 21.6 Å². The van der Waals surface area contributed by atoms with Gasteiger partial charge in [0.1, 0.15) is 11.5 Å². The number of anilines is 1. The predicted molar refractivity (Wildman–Crippen MR) is 82.9 cm³/mol. The first-order valence-electron chi connectivity index (χ1n) is 6.38. The van der Waals surface area contributed by atoms with Crippen molar-refractivity contribution < 1.29 is 9.84 Å². The molecule has 0 fully saturated rings. The standard InChI is InChI=1S/C16H15ClN2O2/c1-10(13-8-12(21-2)4-6-16(13)20)19-15-7-11(9-18)3-5-14(15)17/h3-8,10,19-20H,1-2H3. The molecule has 0 aliphatic rings. The summed E-state index contributed by atoms with van der Waals surface area (Å²) in [5.41, 5.74) is 1.85. The summed E-state index contributed by atoms with van der Waals surface area (Å²) < 4.78 is 5.16. The molecule has 0 aliphatic heterocycles. The van der Waals surface area contributed by atoms with E-state index in [2.05, 4.69) is 11.4 Å². The molecule has 5 heteroatoms. The molecule has 108 valence electrons. The summed E-state index contributed by atoms with van der Waals surface area (Å²) in [4.78, 5) is 0. The summed E-state index contributed by atoms with van der Waals surface area (Å²) in [6.45, 7) is 1.89. The molecule has 1 unspecified atom stereocenters. The maximum atomic E-state index is 9.97. The summed E-state index contributed by atoms with van der Waals surface area (Å²) in [6.07, 6.45) is 0. The van der Waals surface area contributed by atoms with Crippen LogP contribution in [0.3, 0.4) is 0 Å². The van der Waals surface area contributed by atoms with Gasteiger partial charge in [-0.2, -0.15) is 5.26 Å². The van der Waals surface area contributed by atoms with E-state index in [9.17, 15) is 5.11 Å². The third-order valence-electron chi connectivity index (χ3n) is 3.17. The molecule has 0 heterocycles. The van der Waals surface area contributed by atoms with E-state index in [0.717, 1.165) is 0 Å². The van der Waals surface area contributed by atoms with Gasteiger partial charge in [0, 0.05) is 5.56 Å². The fourth-order valence-corrected chi connectivity index (χ4v) is 2.19. The molecule has 0 radical (unpaired) electrons. The molecule has 2 rings (SSSR count). The number of hydrogen-bond acceptors (Lipinski definition) is 4. The van der Waals surface area contributed by atoms with E-state index < -0.39 is 0 Å². The molecule has 4 nitrogen and oxygen atoms in total. The lowest BCUT2D eigenvalue weighted by molar-refractivity contribution is 0.410. The molecule has 0 aliphatic carbocycles. The number of aromatic hydroxyl groups is 1. The summed E-state index contributed by atoms with van der Waals surface area (Å²) >= 11 is 6.12. The third-order valence-corrected chi connectivity index (χ3v) is 3.50. The van der Waals surface area contributed by atoms with Gasteiger partial charge in [-0.1, -0.05) is 11.6 Å². The highest BCUT2D eigenvalue weighted by atomic mass is 35.5. The van der Waals surface area contributed by atoms with Gasteiger partial charge in [-0.25, -0.2) is 0 Å². The quantitative estimate of drug-likeness (QED) is 0.892. The maximum Gasteiger partial charge on any atom is 0.121 e. The second kappa shape index (κ2) is 6.38. The Morgan fingerprint density at radius 3 is 2.71 bits per heavy atom. The van der Waals surface area contributed by atoms with Gasteiger partial charge in [0.15, 0.2) is 0 Å². The van der Waals surface area contributed by atoms with E-state index in [1.165, 1.54) is 0 Å². The Bertz CT molecular complexity index is 695. The molecule has 0 saturated carbocycles. The highest BCUT2D eigenvalue weighted by Crippen LogP contribution is 2.32. The third kappa shape index (κ3) is 3.39. The Kier molecular flexibility index (Phi) is 4.56. The van der Waals surface area contributed by atoms with Gasteiger partial charge >= 0.3 is 0 Å². The van der Waals surface area contributed by atoms with Crippen molar-refractivity contribution in [1.82, 2.24) is 0 Å². The predicted octanol–water partition coefficient (Wildman–Crippen LogP) is 4.10. The molecule has 0 amide bonds. The van der Waals surface area contributed by atoms with Crippen molar-refractivity contribution in [1.29, 1.82) is 5.26 Å². The number of halogens is 1. The lowest BCUT2D eigenvalue weighted by atomic mass is 10.1. The molecule has 21 heavy (non-hydrogen) atoms. The van der Waals surface area contributed by atoms with Crippen LogP contribution in [0.5, 0.6) is 11.5 Å². The van der Waals surface area contributed by atoms with Crippen molar-refractivity contribution in [3.05, 3.63) is 52.5 Å². The van der Waals surface area contributed by atoms with Gasteiger partial charge in [0.2, 0.25) is 0 Å². The number of rotatable bonds is 4. The summed E-state index contributed by atoms with van der Waals surface area (Å²) in [5.74, 6) is 0.830. The van der Waals surface area contributed by atoms with Crippen LogP contribution in [0, 0.1) is 11.3 Å². The summed E-state index contributed by atoms with van der Waals surface area (Å²) in [5, 5.41) is 22.6. The first-order valence-corrected chi connectivity index (χ1v) is 6.76. The van der Waals surface area contributed by atoms with E-state index in [1.54, 1.807) is 43.5 Å². The highest BCUT2D eigenvalue weighted by Gasteiger charge is 2.13. The average molecular weight is 303 g/mol. The van der Waals surface area contributed by atoms with Crippen LogP contribution in [0.2, 0.25) is 5.02 Å². The van der Waals surface area contributed by atoms with Crippen LogP contribution < -0.4 is 10.1 Å². The number of ether oxygens (including phenoxy) is 1. The number of phenols is 1. The maximum absolute atomic E-state index is 9.97. The molecule has 2 N–H and O–H groups in total. The SMILES string of the molecule is COc1ccc(O)c(C(C)Nc2cc(C#N)ccc2Cl)c1. The molecular formula is C16H15ClN2O2. The Labute approximate surface area is 128 Å². The zero-order valence-electron chi connectivity index (χ0n) is 11.7. The van der Waals surface area contributed by atoms with Crippen LogP contribution in [0.15, 0.2) is 36.4 Å². The second-order valence-corrected chi connectivity index (χ2v) is 5.00. The molecule has 2 aromatic rings. The van der Waals surface area contributed by atoms with Crippen molar-refractivity contribution >= 4 is 17.3 Å². The second-order valence-electron chi connectivity index (χ2n) is 4.60. The number of nitrogens with zero attached hydrogens (tertiary/aromatic N) is 1. The zero-order chi connectivity index (χ0) is 15.4. The Morgan fingerprint density at radius 2 is 2.05 bits per heavy atom. The molecule has 0 aromatic heterocycles. The number of methoxy groups -OCH3 is 1. The number of nitriles is 1. The molecule has 0 saturated heterocycles. The van der Waals surface area contributed by atoms with Gasteiger partial charge < -0.3 is 15.2 Å². The lowest BCUT2D eigenvalue weighted by Crippen LogP contribution is -2.07. The van der Waals surface area contributed by atoms with Gasteiger partial charge in [0.25, 0.3) is 0 Å². The minimum absolute atomic E-state index is 0.170. The Morgan fingerprint density at radius 1 is 1.29 bits per heavy atom. The topological polar surface area (TPSA) is 65.3 Å². The van der Waals surface area contributed by atoms with Crippen molar-refractivity contribution in [2.24, 2.45) is 0 Å². The minimum Gasteiger partial charge on any atom is -0.508 e. The van der Waals surface area contributed by atoms with Crippen molar-refractivity contribution in [2.45, 2.75) is 13.0 Å². The number of hydrogen-bond donors (Lipinski definition) is 2. The van der Waals surface area contributed by atoms with Crippen LogP contribution in [0.4, 0.5) is 5.69 Å². The Balaban J connectivity index is 2.30. The molecule has 0 bridgehead atoms.